The average Bonchev–Trinajstić information content (AvgIpc) is 2.77. The van der Waals surface area contributed by atoms with E-state index < -0.39 is 0 Å². The highest BCUT2D eigenvalue weighted by Gasteiger charge is 2.22. The van der Waals surface area contributed by atoms with Gasteiger partial charge in [-0.2, -0.15) is 0 Å². The molecule has 1 N–H and O–H groups in total. The first kappa shape index (κ1) is 20.7. The number of nitrogens with zero attached hydrogens (tertiary/aromatic N) is 2. The number of piperazine rings is 1. The third-order valence-electron chi connectivity index (χ3n) is 4.85. The van der Waals surface area contributed by atoms with Gasteiger partial charge in [-0.25, -0.2) is 0 Å². The van der Waals surface area contributed by atoms with E-state index >= 15 is 0 Å². The number of methoxy groups -OCH3 is 1. The molecule has 154 valence electrons. The summed E-state index contributed by atoms with van der Waals surface area (Å²) in [4.78, 5) is 28.3. The predicted molar refractivity (Wildman–Crippen MR) is 110 cm³/mol. The Morgan fingerprint density at radius 1 is 0.931 bits per heavy atom. The smallest absolute Gasteiger partial charge is 0.260 e. The van der Waals surface area contributed by atoms with Crippen molar-refractivity contribution in [2.45, 2.75) is 6.54 Å². The second kappa shape index (κ2) is 10.5. The molecule has 29 heavy (non-hydrogen) atoms. The van der Waals surface area contributed by atoms with E-state index in [-0.39, 0.29) is 18.4 Å². The van der Waals surface area contributed by atoms with Crippen LogP contribution in [0.1, 0.15) is 5.56 Å². The molecule has 2 aromatic rings. The number of carbonyl (C=O) groups excluding carboxylic acids is 2. The molecule has 1 heterocycles. The van der Waals surface area contributed by atoms with Gasteiger partial charge in [0.15, 0.2) is 6.61 Å². The Balaban J connectivity index is 1.34. The summed E-state index contributed by atoms with van der Waals surface area (Å²) < 4.78 is 10.7. The molecule has 0 aliphatic carbocycles. The molecule has 1 aliphatic heterocycles. The van der Waals surface area contributed by atoms with Gasteiger partial charge in [0.2, 0.25) is 5.91 Å². The first-order valence-corrected chi connectivity index (χ1v) is 9.71. The minimum atomic E-state index is -0.0472. The maximum Gasteiger partial charge on any atom is 0.260 e. The fraction of sp³-hybridized carbons (Fsp3) is 0.364. The summed E-state index contributed by atoms with van der Waals surface area (Å²) in [5, 5.41) is 2.94. The lowest BCUT2D eigenvalue weighted by Crippen LogP contribution is -2.52. The second-order valence-electron chi connectivity index (χ2n) is 6.88. The highest BCUT2D eigenvalue weighted by atomic mass is 16.5. The van der Waals surface area contributed by atoms with Crippen molar-refractivity contribution in [3.63, 3.8) is 0 Å². The van der Waals surface area contributed by atoms with E-state index in [0.717, 1.165) is 11.3 Å². The van der Waals surface area contributed by atoms with Crippen molar-refractivity contribution in [1.82, 2.24) is 15.1 Å². The molecule has 0 aromatic heterocycles. The summed E-state index contributed by atoms with van der Waals surface area (Å²) >= 11 is 0. The minimum Gasteiger partial charge on any atom is -0.497 e. The van der Waals surface area contributed by atoms with Gasteiger partial charge in [-0.3, -0.25) is 14.5 Å². The molecule has 3 rings (SSSR count). The van der Waals surface area contributed by atoms with Crippen LogP contribution in [0.15, 0.2) is 54.6 Å². The van der Waals surface area contributed by atoms with Crippen LogP contribution in [-0.2, 0) is 16.1 Å². The van der Waals surface area contributed by atoms with E-state index in [0.29, 0.717) is 45.0 Å². The Morgan fingerprint density at radius 2 is 1.59 bits per heavy atom. The normalized spacial score (nSPS) is 14.3. The number of rotatable bonds is 8. The third kappa shape index (κ3) is 6.50. The van der Waals surface area contributed by atoms with Crippen molar-refractivity contribution >= 4 is 11.8 Å². The average molecular weight is 397 g/mol. The predicted octanol–water partition coefficient (Wildman–Crippen LogP) is 1.53. The van der Waals surface area contributed by atoms with Crippen molar-refractivity contribution in [3.05, 3.63) is 60.2 Å². The van der Waals surface area contributed by atoms with Crippen molar-refractivity contribution in [2.75, 3.05) is 46.4 Å². The van der Waals surface area contributed by atoms with Crippen LogP contribution in [-0.4, -0.2) is 68.1 Å². The van der Waals surface area contributed by atoms with Crippen LogP contribution in [0.25, 0.3) is 0 Å². The van der Waals surface area contributed by atoms with Gasteiger partial charge >= 0.3 is 0 Å². The number of amides is 2. The molecular weight excluding hydrogens is 370 g/mol. The van der Waals surface area contributed by atoms with Crippen LogP contribution in [0.5, 0.6) is 11.5 Å². The Kier molecular flexibility index (Phi) is 7.47. The summed E-state index contributed by atoms with van der Waals surface area (Å²) in [7, 11) is 1.60. The molecule has 0 bridgehead atoms. The highest BCUT2D eigenvalue weighted by Crippen LogP contribution is 2.17. The molecule has 1 fully saturated rings. The van der Waals surface area contributed by atoms with Crippen LogP contribution in [0.4, 0.5) is 0 Å². The maximum atomic E-state index is 12.4. The first-order chi connectivity index (χ1) is 14.1. The third-order valence-corrected chi connectivity index (χ3v) is 4.85. The molecule has 0 spiro atoms. The van der Waals surface area contributed by atoms with E-state index in [4.69, 9.17) is 9.47 Å². The number of hydrogen-bond acceptors (Lipinski definition) is 5. The molecule has 7 nitrogen and oxygen atoms in total. The number of carbonyl (C=O) groups is 2. The fourth-order valence-corrected chi connectivity index (χ4v) is 3.12. The molecule has 0 saturated carbocycles. The zero-order valence-electron chi connectivity index (χ0n) is 16.7. The zero-order chi connectivity index (χ0) is 20.5. The molecular formula is C22H27N3O4. The fourth-order valence-electron chi connectivity index (χ4n) is 3.12. The van der Waals surface area contributed by atoms with E-state index in [1.165, 1.54) is 0 Å². The monoisotopic (exact) mass is 397 g/mol. The Bertz CT molecular complexity index is 787. The van der Waals surface area contributed by atoms with Crippen molar-refractivity contribution in [3.8, 4) is 11.5 Å². The SMILES string of the molecule is COc1ccc(OCC(=O)N2CCN(CC(=O)NCc3ccccc3)CC2)cc1. The van der Waals surface area contributed by atoms with Gasteiger partial charge < -0.3 is 19.7 Å². The molecule has 0 unspecified atom stereocenters. The van der Waals surface area contributed by atoms with Crippen LogP contribution < -0.4 is 14.8 Å². The molecule has 2 amide bonds. The second-order valence-corrected chi connectivity index (χ2v) is 6.88. The lowest BCUT2D eigenvalue weighted by molar-refractivity contribution is -0.135. The van der Waals surface area contributed by atoms with Crippen LogP contribution in [0.2, 0.25) is 0 Å². The number of nitrogens with one attached hydrogen (secondary N) is 1. The lowest BCUT2D eigenvalue weighted by atomic mass is 10.2. The van der Waals surface area contributed by atoms with Crippen LogP contribution in [0, 0.1) is 0 Å². The van der Waals surface area contributed by atoms with Gasteiger partial charge in [-0.15, -0.1) is 0 Å². The molecule has 7 heteroatoms. The van der Waals surface area contributed by atoms with Crippen molar-refractivity contribution < 1.29 is 19.1 Å². The van der Waals surface area contributed by atoms with Crippen LogP contribution >= 0.6 is 0 Å². The number of ether oxygens (including phenoxy) is 2. The van der Waals surface area contributed by atoms with Crippen molar-refractivity contribution in [2.24, 2.45) is 0 Å². The van der Waals surface area contributed by atoms with Crippen LogP contribution in [0.3, 0.4) is 0 Å². The number of benzene rings is 2. The molecule has 0 radical (unpaired) electrons. The van der Waals surface area contributed by atoms with Gasteiger partial charge in [-0.05, 0) is 29.8 Å². The van der Waals surface area contributed by atoms with Crippen molar-refractivity contribution in [1.29, 1.82) is 0 Å². The topological polar surface area (TPSA) is 71.1 Å². The number of hydrogen-bond donors (Lipinski definition) is 1. The summed E-state index contributed by atoms with van der Waals surface area (Å²) in [6, 6.07) is 17.0. The zero-order valence-corrected chi connectivity index (χ0v) is 16.7. The molecule has 1 saturated heterocycles. The van der Waals surface area contributed by atoms with Gasteiger partial charge in [0, 0.05) is 32.7 Å². The van der Waals surface area contributed by atoms with Gasteiger partial charge in [0.1, 0.15) is 11.5 Å². The lowest BCUT2D eigenvalue weighted by Gasteiger charge is -2.34. The largest absolute Gasteiger partial charge is 0.497 e. The molecule has 2 aromatic carbocycles. The molecule has 1 aliphatic rings. The van der Waals surface area contributed by atoms with E-state index in [1.807, 2.05) is 30.3 Å². The summed E-state index contributed by atoms with van der Waals surface area (Å²) in [5.41, 5.74) is 1.08. The summed E-state index contributed by atoms with van der Waals surface area (Å²) in [6.45, 7) is 3.41. The van der Waals surface area contributed by atoms with Gasteiger partial charge in [0.05, 0.1) is 13.7 Å². The Labute approximate surface area is 171 Å². The van der Waals surface area contributed by atoms with E-state index in [1.54, 1.807) is 36.3 Å². The standard InChI is InChI=1S/C22H27N3O4/c1-28-19-7-9-20(10-8-19)29-17-22(27)25-13-11-24(12-14-25)16-21(26)23-15-18-5-3-2-4-6-18/h2-10H,11-17H2,1H3,(H,23,26). The first-order valence-electron chi connectivity index (χ1n) is 9.71. The molecule has 0 atom stereocenters. The van der Waals surface area contributed by atoms with E-state index in [9.17, 15) is 9.59 Å². The highest BCUT2D eigenvalue weighted by molar-refractivity contribution is 5.79. The summed E-state index contributed by atoms with van der Waals surface area (Å²) in [5.74, 6) is 1.32. The Hall–Kier alpha value is -3.06. The van der Waals surface area contributed by atoms with E-state index in [2.05, 4.69) is 10.2 Å². The van der Waals surface area contributed by atoms with Gasteiger partial charge in [0.25, 0.3) is 5.91 Å². The summed E-state index contributed by atoms with van der Waals surface area (Å²) in [6.07, 6.45) is 0. The quantitative estimate of drug-likeness (QED) is 0.732. The van der Waals surface area contributed by atoms with Gasteiger partial charge in [-0.1, -0.05) is 30.3 Å². The Morgan fingerprint density at radius 3 is 2.24 bits per heavy atom. The maximum absolute atomic E-state index is 12.4. The minimum absolute atomic E-state index is 0.00327.